The molecule has 1 aliphatic heterocycles. The van der Waals surface area contributed by atoms with Gasteiger partial charge in [-0.25, -0.2) is 4.79 Å². The van der Waals surface area contributed by atoms with Gasteiger partial charge in [0.2, 0.25) is 0 Å². The lowest BCUT2D eigenvalue weighted by molar-refractivity contribution is -0.140. The largest absolute Gasteiger partial charge is 0.481 e. The molecule has 5 nitrogen and oxygen atoms in total. The van der Waals surface area contributed by atoms with E-state index >= 15 is 0 Å². The molecule has 106 valence electrons. The minimum atomic E-state index is -0.826. The van der Waals surface area contributed by atoms with Crippen molar-refractivity contribution in [2.75, 3.05) is 6.54 Å². The SMILES string of the molecule is CC1CCC(C)N(C(=O)NC2C=CC(C(=O)O)C2)C1. The predicted molar refractivity (Wildman–Crippen MR) is 71.8 cm³/mol. The predicted octanol–water partition coefficient (Wildman–Crippen LogP) is 1.85. The van der Waals surface area contributed by atoms with Crippen LogP contribution in [0.5, 0.6) is 0 Å². The lowest BCUT2D eigenvalue weighted by Gasteiger charge is -2.37. The Morgan fingerprint density at radius 3 is 2.63 bits per heavy atom. The van der Waals surface area contributed by atoms with Crippen LogP contribution in [-0.2, 0) is 4.79 Å². The summed E-state index contributed by atoms with van der Waals surface area (Å²) < 4.78 is 0. The van der Waals surface area contributed by atoms with E-state index in [-0.39, 0.29) is 18.1 Å². The average Bonchev–Trinajstić information content (AvgIpc) is 2.80. The molecule has 4 unspecified atom stereocenters. The highest BCUT2D eigenvalue weighted by Crippen LogP contribution is 2.22. The Balaban J connectivity index is 1.88. The standard InChI is InChI=1S/C14H22N2O3/c1-9-3-4-10(2)16(8-9)14(19)15-12-6-5-11(7-12)13(17)18/h5-6,9-12H,3-4,7-8H2,1-2H3,(H,15,19)(H,17,18). The lowest BCUT2D eigenvalue weighted by Crippen LogP contribution is -2.51. The summed E-state index contributed by atoms with van der Waals surface area (Å²) in [6, 6.07) is 0.0367. The van der Waals surface area contributed by atoms with Gasteiger partial charge in [0.15, 0.2) is 0 Å². The summed E-state index contributed by atoms with van der Waals surface area (Å²) in [5, 5.41) is 11.8. The Morgan fingerprint density at radius 2 is 2.00 bits per heavy atom. The number of piperidine rings is 1. The van der Waals surface area contributed by atoms with Crippen LogP contribution in [0, 0.1) is 11.8 Å². The molecule has 5 heteroatoms. The third kappa shape index (κ3) is 3.28. The monoisotopic (exact) mass is 266 g/mol. The number of carbonyl (C=O) groups excluding carboxylic acids is 1. The van der Waals surface area contributed by atoms with Gasteiger partial charge in [-0.2, -0.15) is 0 Å². The first-order valence-electron chi connectivity index (χ1n) is 6.95. The highest BCUT2D eigenvalue weighted by molar-refractivity contribution is 5.76. The number of carboxylic acids is 1. The van der Waals surface area contributed by atoms with Gasteiger partial charge in [0.1, 0.15) is 0 Å². The Bertz CT molecular complexity index is 394. The van der Waals surface area contributed by atoms with Gasteiger partial charge in [0.05, 0.1) is 12.0 Å². The van der Waals surface area contributed by atoms with Crippen LogP contribution in [0.1, 0.15) is 33.1 Å². The van der Waals surface area contributed by atoms with Crippen molar-refractivity contribution in [3.63, 3.8) is 0 Å². The first kappa shape index (κ1) is 13.9. The quantitative estimate of drug-likeness (QED) is 0.749. The smallest absolute Gasteiger partial charge is 0.318 e. The number of rotatable bonds is 2. The van der Waals surface area contributed by atoms with Gasteiger partial charge in [-0.3, -0.25) is 4.79 Å². The molecule has 2 aliphatic rings. The number of hydrogen-bond donors (Lipinski definition) is 2. The highest BCUT2D eigenvalue weighted by Gasteiger charge is 2.30. The Morgan fingerprint density at radius 1 is 1.26 bits per heavy atom. The van der Waals surface area contributed by atoms with Crippen LogP contribution < -0.4 is 5.32 Å². The summed E-state index contributed by atoms with van der Waals surface area (Å²) in [7, 11) is 0. The number of likely N-dealkylation sites (tertiary alicyclic amines) is 1. The number of aliphatic carboxylic acids is 1. The fourth-order valence-corrected chi connectivity index (χ4v) is 2.80. The molecular weight excluding hydrogens is 244 g/mol. The normalized spacial score (nSPS) is 34.3. The van der Waals surface area contributed by atoms with Crippen LogP contribution >= 0.6 is 0 Å². The summed E-state index contributed by atoms with van der Waals surface area (Å²) >= 11 is 0. The third-order valence-corrected chi connectivity index (χ3v) is 4.09. The Hall–Kier alpha value is -1.52. The molecule has 19 heavy (non-hydrogen) atoms. The van der Waals surface area contributed by atoms with E-state index in [0.717, 1.165) is 19.4 Å². The van der Waals surface area contributed by atoms with E-state index in [0.29, 0.717) is 12.3 Å². The zero-order chi connectivity index (χ0) is 14.0. The molecule has 0 aromatic carbocycles. The summed E-state index contributed by atoms with van der Waals surface area (Å²) in [6.45, 7) is 5.00. The van der Waals surface area contributed by atoms with Gasteiger partial charge < -0.3 is 15.3 Å². The molecule has 0 aromatic rings. The number of nitrogens with one attached hydrogen (secondary N) is 1. The topological polar surface area (TPSA) is 69.6 Å². The van der Waals surface area contributed by atoms with Gasteiger partial charge in [0, 0.05) is 12.6 Å². The molecule has 1 saturated heterocycles. The molecule has 1 aliphatic carbocycles. The molecule has 2 rings (SSSR count). The molecule has 0 spiro atoms. The molecule has 4 atom stereocenters. The molecule has 0 radical (unpaired) electrons. The second kappa shape index (κ2) is 5.63. The lowest BCUT2D eigenvalue weighted by atomic mass is 9.95. The fourth-order valence-electron chi connectivity index (χ4n) is 2.80. The van der Waals surface area contributed by atoms with E-state index in [2.05, 4.69) is 19.2 Å². The molecule has 2 amide bonds. The van der Waals surface area contributed by atoms with E-state index in [9.17, 15) is 9.59 Å². The van der Waals surface area contributed by atoms with E-state index in [1.165, 1.54) is 0 Å². The number of carboxylic acid groups (broad SMARTS) is 1. The van der Waals surface area contributed by atoms with Crippen LogP contribution in [0.3, 0.4) is 0 Å². The maximum atomic E-state index is 12.2. The molecule has 0 aromatic heterocycles. The molecule has 1 fully saturated rings. The van der Waals surface area contributed by atoms with Crippen molar-refractivity contribution in [2.45, 2.75) is 45.2 Å². The van der Waals surface area contributed by atoms with Crippen LogP contribution in [0.25, 0.3) is 0 Å². The molecule has 2 N–H and O–H groups in total. The van der Waals surface area contributed by atoms with Gasteiger partial charge in [0.25, 0.3) is 0 Å². The number of nitrogens with zero attached hydrogens (tertiary/aromatic N) is 1. The second-order valence-electron chi connectivity index (χ2n) is 5.81. The molecule has 0 saturated carbocycles. The number of carbonyl (C=O) groups is 2. The van der Waals surface area contributed by atoms with Crippen molar-refractivity contribution in [1.82, 2.24) is 10.2 Å². The summed E-state index contributed by atoms with van der Waals surface area (Å²) in [5.41, 5.74) is 0. The van der Waals surface area contributed by atoms with Crippen molar-refractivity contribution in [3.05, 3.63) is 12.2 Å². The minimum absolute atomic E-state index is 0.0697. The first-order valence-corrected chi connectivity index (χ1v) is 6.95. The third-order valence-electron chi connectivity index (χ3n) is 4.09. The Labute approximate surface area is 113 Å². The zero-order valence-electron chi connectivity index (χ0n) is 11.5. The van der Waals surface area contributed by atoms with Gasteiger partial charge in [-0.15, -0.1) is 0 Å². The van der Waals surface area contributed by atoms with E-state index in [4.69, 9.17) is 5.11 Å². The number of amides is 2. The van der Waals surface area contributed by atoms with E-state index in [1.54, 1.807) is 12.2 Å². The summed E-state index contributed by atoms with van der Waals surface area (Å²) in [4.78, 5) is 24.9. The summed E-state index contributed by atoms with van der Waals surface area (Å²) in [6.07, 6.45) is 6.10. The Kier molecular flexibility index (Phi) is 4.12. The minimum Gasteiger partial charge on any atom is -0.481 e. The van der Waals surface area contributed by atoms with Crippen molar-refractivity contribution in [1.29, 1.82) is 0 Å². The van der Waals surface area contributed by atoms with Crippen LogP contribution in [0.15, 0.2) is 12.2 Å². The zero-order valence-corrected chi connectivity index (χ0v) is 11.5. The van der Waals surface area contributed by atoms with Crippen molar-refractivity contribution in [3.8, 4) is 0 Å². The maximum Gasteiger partial charge on any atom is 0.318 e. The highest BCUT2D eigenvalue weighted by atomic mass is 16.4. The van der Waals surface area contributed by atoms with Crippen LogP contribution in [0.4, 0.5) is 4.79 Å². The van der Waals surface area contributed by atoms with Crippen molar-refractivity contribution in [2.24, 2.45) is 11.8 Å². The first-order chi connectivity index (χ1) is 8.97. The van der Waals surface area contributed by atoms with E-state index < -0.39 is 11.9 Å². The van der Waals surface area contributed by atoms with E-state index in [1.807, 2.05) is 4.90 Å². The molecule has 1 heterocycles. The van der Waals surface area contributed by atoms with Crippen LogP contribution in [0.2, 0.25) is 0 Å². The molecule has 0 bridgehead atoms. The van der Waals surface area contributed by atoms with Crippen molar-refractivity contribution < 1.29 is 14.7 Å². The number of urea groups is 1. The number of hydrogen-bond acceptors (Lipinski definition) is 2. The van der Waals surface area contributed by atoms with Gasteiger partial charge in [-0.1, -0.05) is 19.1 Å². The average molecular weight is 266 g/mol. The second-order valence-corrected chi connectivity index (χ2v) is 5.81. The van der Waals surface area contributed by atoms with Gasteiger partial charge in [-0.05, 0) is 32.1 Å². The van der Waals surface area contributed by atoms with Crippen molar-refractivity contribution >= 4 is 12.0 Å². The summed E-state index contributed by atoms with van der Waals surface area (Å²) in [5.74, 6) is -0.760. The molecular formula is C14H22N2O3. The fraction of sp³-hybridized carbons (Fsp3) is 0.714. The van der Waals surface area contributed by atoms with Gasteiger partial charge >= 0.3 is 12.0 Å². The van der Waals surface area contributed by atoms with Crippen LogP contribution in [-0.4, -0.2) is 40.6 Å². The maximum absolute atomic E-state index is 12.2.